The molecule has 0 aromatic heterocycles. The second-order valence-electron chi connectivity index (χ2n) is 3.60. The largest absolute Gasteiger partial charge is 0.348 e. The Morgan fingerprint density at radius 2 is 2.13 bits per heavy atom. The summed E-state index contributed by atoms with van der Waals surface area (Å²) < 4.78 is 1.72. The Balaban J connectivity index is 2.11. The Bertz CT molecular complexity index is 408. The van der Waals surface area contributed by atoms with E-state index in [1.54, 1.807) is 6.07 Å². The molecule has 1 fully saturated rings. The zero-order chi connectivity index (χ0) is 11.0. The summed E-state index contributed by atoms with van der Waals surface area (Å²) in [5.41, 5.74) is 6.26. The van der Waals surface area contributed by atoms with Gasteiger partial charge in [-0.1, -0.05) is 15.9 Å². The van der Waals surface area contributed by atoms with Crippen LogP contribution in [-0.2, 0) is 0 Å². The highest BCUT2D eigenvalue weighted by Crippen LogP contribution is 2.24. The van der Waals surface area contributed by atoms with Crippen molar-refractivity contribution in [3.63, 3.8) is 0 Å². The smallest absolute Gasteiger partial charge is 0.252 e. The van der Waals surface area contributed by atoms with E-state index < -0.39 is 0 Å². The standard InChI is InChI=1S/C10H10Br2N2O/c11-5-1-2-6(7(12)3-5)10(15)14-9-4-8(9)13/h1-3,8-9H,4,13H2,(H,14,15). The van der Waals surface area contributed by atoms with Gasteiger partial charge in [0, 0.05) is 21.0 Å². The number of benzene rings is 1. The molecule has 0 radical (unpaired) electrons. The first-order chi connectivity index (χ1) is 7.08. The second kappa shape index (κ2) is 4.23. The first-order valence-electron chi connectivity index (χ1n) is 4.59. The number of amides is 1. The molecule has 1 aliphatic carbocycles. The summed E-state index contributed by atoms with van der Waals surface area (Å²) in [4.78, 5) is 11.8. The Kier molecular flexibility index (Phi) is 3.13. The first-order valence-corrected chi connectivity index (χ1v) is 6.18. The van der Waals surface area contributed by atoms with E-state index in [0.29, 0.717) is 5.56 Å². The molecule has 1 aromatic rings. The average Bonchev–Trinajstić information content (AvgIpc) is 2.81. The van der Waals surface area contributed by atoms with Crippen LogP contribution in [0.1, 0.15) is 16.8 Å². The van der Waals surface area contributed by atoms with Crippen LogP contribution in [0.15, 0.2) is 27.1 Å². The van der Waals surface area contributed by atoms with Crippen LogP contribution in [0.4, 0.5) is 0 Å². The first kappa shape index (κ1) is 11.1. The molecule has 0 saturated heterocycles. The van der Waals surface area contributed by atoms with Gasteiger partial charge in [0.25, 0.3) is 5.91 Å². The predicted octanol–water partition coefficient (Wildman–Crippen LogP) is 2.04. The van der Waals surface area contributed by atoms with Crippen LogP contribution in [0.3, 0.4) is 0 Å². The third kappa shape index (κ3) is 2.59. The van der Waals surface area contributed by atoms with Crippen LogP contribution in [0.2, 0.25) is 0 Å². The highest BCUT2D eigenvalue weighted by Gasteiger charge is 2.35. The molecule has 1 amide bonds. The molecular formula is C10H10Br2N2O. The molecular weight excluding hydrogens is 324 g/mol. The number of nitrogens with one attached hydrogen (secondary N) is 1. The SMILES string of the molecule is NC1CC1NC(=O)c1ccc(Br)cc1Br. The lowest BCUT2D eigenvalue weighted by atomic mass is 10.2. The van der Waals surface area contributed by atoms with Crippen molar-refractivity contribution in [2.75, 3.05) is 0 Å². The summed E-state index contributed by atoms with van der Waals surface area (Å²) in [6.45, 7) is 0. The third-order valence-electron chi connectivity index (χ3n) is 2.33. The molecule has 1 saturated carbocycles. The van der Waals surface area contributed by atoms with E-state index >= 15 is 0 Å². The van der Waals surface area contributed by atoms with Gasteiger partial charge in [-0.05, 0) is 40.5 Å². The van der Waals surface area contributed by atoms with Gasteiger partial charge in [0.2, 0.25) is 0 Å². The van der Waals surface area contributed by atoms with Gasteiger partial charge in [-0.2, -0.15) is 0 Å². The van der Waals surface area contributed by atoms with Crippen molar-refractivity contribution in [1.29, 1.82) is 0 Å². The Morgan fingerprint density at radius 3 is 2.67 bits per heavy atom. The lowest BCUT2D eigenvalue weighted by molar-refractivity contribution is 0.0949. The van der Waals surface area contributed by atoms with Crippen molar-refractivity contribution in [1.82, 2.24) is 5.32 Å². The summed E-state index contributed by atoms with van der Waals surface area (Å²) >= 11 is 6.69. The normalized spacial score (nSPS) is 23.7. The van der Waals surface area contributed by atoms with Crippen molar-refractivity contribution < 1.29 is 4.79 Å². The fourth-order valence-corrected chi connectivity index (χ4v) is 2.53. The van der Waals surface area contributed by atoms with Crippen LogP contribution in [0, 0.1) is 0 Å². The number of rotatable bonds is 2. The minimum absolute atomic E-state index is 0.0766. The van der Waals surface area contributed by atoms with Crippen LogP contribution in [-0.4, -0.2) is 18.0 Å². The highest BCUT2D eigenvalue weighted by molar-refractivity contribution is 9.11. The van der Waals surface area contributed by atoms with Crippen molar-refractivity contribution in [2.45, 2.75) is 18.5 Å². The molecule has 2 unspecified atom stereocenters. The van der Waals surface area contributed by atoms with Gasteiger partial charge < -0.3 is 11.1 Å². The van der Waals surface area contributed by atoms with Crippen LogP contribution < -0.4 is 11.1 Å². The minimum Gasteiger partial charge on any atom is -0.348 e. The van der Waals surface area contributed by atoms with Crippen LogP contribution in [0.25, 0.3) is 0 Å². The van der Waals surface area contributed by atoms with E-state index in [2.05, 4.69) is 37.2 Å². The fraction of sp³-hybridized carbons (Fsp3) is 0.300. The highest BCUT2D eigenvalue weighted by atomic mass is 79.9. The van der Waals surface area contributed by atoms with Gasteiger partial charge >= 0.3 is 0 Å². The minimum atomic E-state index is -0.0766. The molecule has 5 heteroatoms. The Morgan fingerprint density at radius 1 is 1.47 bits per heavy atom. The maximum Gasteiger partial charge on any atom is 0.252 e. The molecule has 0 aliphatic heterocycles. The predicted molar refractivity (Wildman–Crippen MR) is 65.7 cm³/mol. The van der Waals surface area contributed by atoms with Gasteiger partial charge in [-0.25, -0.2) is 0 Å². The van der Waals surface area contributed by atoms with Gasteiger partial charge in [0.1, 0.15) is 0 Å². The molecule has 2 atom stereocenters. The summed E-state index contributed by atoms with van der Waals surface area (Å²) in [6, 6.07) is 5.74. The second-order valence-corrected chi connectivity index (χ2v) is 5.37. The monoisotopic (exact) mass is 332 g/mol. The maximum atomic E-state index is 11.8. The topological polar surface area (TPSA) is 55.1 Å². The summed E-state index contributed by atoms with van der Waals surface area (Å²) in [6.07, 6.45) is 0.875. The number of carbonyl (C=O) groups is 1. The molecule has 0 spiro atoms. The van der Waals surface area contributed by atoms with Crippen molar-refractivity contribution in [3.8, 4) is 0 Å². The lowest BCUT2D eigenvalue weighted by Gasteiger charge is -2.06. The number of nitrogens with two attached hydrogens (primary N) is 1. The molecule has 1 aliphatic rings. The van der Waals surface area contributed by atoms with Crippen molar-refractivity contribution in [2.24, 2.45) is 5.73 Å². The summed E-state index contributed by atoms with van der Waals surface area (Å²) in [5, 5.41) is 2.87. The molecule has 1 aromatic carbocycles. The Hall–Kier alpha value is -0.390. The van der Waals surface area contributed by atoms with Crippen LogP contribution >= 0.6 is 31.9 Å². The van der Waals surface area contributed by atoms with Gasteiger partial charge in [0.15, 0.2) is 0 Å². The van der Waals surface area contributed by atoms with Crippen LogP contribution in [0.5, 0.6) is 0 Å². The Labute approximate surface area is 105 Å². The number of hydrogen-bond acceptors (Lipinski definition) is 2. The molecule has 3 N–H and O–H groups in total. The summed E-state index contributed by atoms with van der Waals surface area (Å²) in [5.74, 6) is -0.0766. The average molecular weight is 334 g/mol. The molecule has 3 nitrogen and oxygen atoms in total. The molecule has 80 valence electrons. The molecule has 0 heterocycles. The van der Waals surface area contributed by atoms with E-state index in [4.69, 9.17) is 5.73 Å². The summed E-state index contributed by atoms with van der Waals surface area (Å²) in [7, 11) is 0. The molecule has 2 rings (SSSR count). The fourth-order valence-electron chi connectivity index (χ4n) is 1.30. The number of halogens is 2. The maximum absolute atomic E-state index is 11.8. The zero-order valence-corrected chi connectivity index (χ0v) is 11.0. The van der Waals surface area contributed by atoms with Gasteiger partial charge in [-0.15, -0.1) is 0 Å². The van der Waals surface area contributed by atoms with E-state index in [1.165, 1.54) is 0 Å². The van der Waals surface area contributed by atoms with Crippen molar-refractivity contribution >= 4 is 37.8 Å². The quantitative estimate of drug-likeness (QED) is 0.870. The molecule has 0 bridgehead atoms. The van der Waals surface area contributed by atoms with Crippen molar-refractivity contribution in [3.05, 3.63) is 32.7 Å². The van der Waals surface area contributed by atoms with E-state index in [0.717, 1.165) is 15.4 Å². The van der Waals surface area contributed by atoms with E-state index in [-0.39, 0.29) is 18.0 Å². The van der Waals surface area contributed by atoms with E-state index in [9.17, 15) is 4.79 Å². The lowest BCUT2D eigenvalue weighted by Crippen LogP contribution is -2.29. The zero-order valence-electron chi connectivity index (χ0n) is 7.84. The van der Waals surface area contributed by atoms with E-state index in [1.807, 2.05) is 12.1 Å². The van der Waals surface area contributed by atoms with Gasteiger partial charge in [-0.3, -0.25) is 4.79 Å². The molecule has 15 heavy (non-hydrogen) atoms. The number of hydrogen-bond donors (Lipinski definition) is 2. The number of carbonyl (C=O) groups excluding carboxylic acids is 1. The van der Waals surface area contributed by atoms with Gasteiger partial charge in [0.05, 0.1) is 5.56 Å². The third-order valence-corrected chi connectivity index (χ3v) is 3.48.